The molecular formula is C19H20BrNO6S. The van der Waals surface area contributed by atoms with Gasteiger partial charge in [0.2, 0.25) is 22.1 Å². The van der Waals surface area contributed by atoms with Gasteiger partial charge in [-0.05, 0) is 31.2 Å². The lowest BCUT2D eigenvalue weighted by Gasteiger charge is -2.41. The van der Waals surface area contributed by atoms with Crippen molar-refractivity contribution < 1.29 is 28.0 Å². The first kappa shape index (κ1) is 20.0. The Hall–Kier alpha value is -1.33. The first-order valence-corrected chi connectivity index (χ1v) is 11.1. The van der Waals surface area contributed by atoms with Crippen molar-refractivity contribution in [2.24, 2.45) is 0 Å². The summed E-state index contributed by atoms with van der Waals surface area (Å²) in [6.07, 6.45) is -0.218. The van der Waals surface area contributed by atoms with E-state index in [2.05, 4.69) is 15.9 Å². The van der Waals surface area contributed by atoms with Gasteiger partial charge in [0.25, 0.3) is 0 Å². The summed E-state index contributed by atoms with van der Waals surface area (Å²) in [5, 5.41) is 0. The molecular weight excluding hydrogens is 450 g/mol. The molecule has 0 atom stereocenters. The van der Waals surface area contributed by atoms with Crippen LogP contribution >= 0.6 is 15.9 Å². The lowest BCUT2D eigenvalue weighted by atomic mass is 10.1. The standard InChI is InChI=1S/C19H20BrNO6S/c1-14-5-7-17(8-6-14)28(22,23)21-11-9-19(10-12-21)26-24-18(25-27-19)15-3-2-4-16(20)13-15/h2-8,13,18H,9-12H2,1H3. The molecule has 0 aliphatic carbocycles. The molecule has 2 aliphatic rings. The Balaban J connectivity index is 1.38. The molecule has 4 rings (SSSR count). The van der Waals surface area contributed by atoms with Crippen LogP contribution in [0, 0.1) is 6.92 Å². The van der Waals surface area contributed by atoms with Gasteiger partial charge >= 0.3 is 0 Å². The highest BCUT2D eigenvalue weighted by molar-refractivity contribution is 9.10. The van der Waals surface area contributed by atoms with Gasteiger partial charge in [0, 0.05) is 36.0 Å². The summed E-state index contributed by atoms with van der Waals surface area (Å²) < 4.78 is 27.9. The van der Waals surface area contributed by atoms with Gasteiger partial charge in [-0.25, -0.2) is 8.42 Å². The van der Waals surface area contributed by atoms with Crippen molar-refractivity contribution in [1.82, 2.24) is 4.31 Å². The second kappa shape index (κ2) is 7.83. The fourth-order valence-corrected chi connectivity index (χ4v) is 5.01. The maximum absolute atomic E-state index is 12.8. The van der Waals surface area contributed by atoms with Crippen molar-refractivity contribution in [3.05, 3.63) is 64.1 Å². The monoisotopic (exact) mass is 469 g/mol. The molecule has 28 heavy (non-hydrogen) atoms. The van der Waals surface area contributed by atoms with Gasteiger partial charge in [0.15, 0.2) is 0 Å². The number of piperidine rings is 1. The molecule has 0 radical (unpaired) electrons. The zero-order chi connectivity index (χ0) is 19.8. The van der Waals surface area contributed by atoms with Crippen LogP contribution in [0.5, 0.6) is 0 Å². The predicted molar refractivity (Wildman–Crippen MR) is 103 cm³/mol. The van der Waals surface area contributed by atoms with Crippen molar-refractivity contribution in [2.45, 2.75) is 36.7 Å². The molecule has 7 nitrogen and oxygen atoms in total. The summed E-state index contributed by atoms with van der Waals surface area (Å²) in [4.78, 5) is 22.1. The fraction of sp³-hybridized carbons (Fsp3) is 0.368. The maximum atomic E-state index is 12.8. The Morgan fingerprint density at radius 3 is 2.29 bits per heavy atom. The first-order chi connectivity index (χ1) is 13.4. The molecule has 0 amide bonds. The van der Waals surface area contributed by atoms with Gasteiger partial charge in [-0.1, -0.05) is 45.8 Å². The molecule has 2 heterocycles. The van der Waals surface area contributed by atoms with Crippen molar-refractivity contribution in [3.63, 3.8) is 0 Å². The van der Waals surface area contributed by atoms with E-state index in [9.17, 15) is 8.42 Å². The van der Waals surface area contributed by atoms with Crippen LogP contribution in [0.25, 0.3) is 0 Å². The van der Waals surface area contributed by atoms with Crippen molar-refractivity contribution in [2.75, 3.05) is 13.1 Å². The van der Waals surface area contributed by atoms with Crippen LogP contribution in [0.1, 0.15) is 30.3 Å². The van der Waals surface area contributed by atoms with E-state index in [-0.39, 0.29) is 18.0 Å². The van der Waals surface area contributed by atoms with Gasteiger partial charge in [-0.15, -0.1) is 0 Å². The first-order valence-electron chi connectivity index (χ1n) is 8.89. The van der Waals surface area contributed by atoms with Crippen molar-refractivity contribution >= 4 is 26.0 Å². The fourth-order valence-electron chi connectivity index (χ4n) is 3.15. The van der Waals surface area contributed by atoms with Gasteiger partial charge < -0.3 is 0 Å². The lowest BCUT2D eigenvalue weighted by Crippen LogP contribution is -2.51. The molecule has 0 N–H and O–H groups in total. The maximum Gasteiger partial charge on any atom is 0.249 e. The highest BCUT2D eigenvalue weighted by Crippen LogP contribution is 2.38. The van der Waals surface area contributed by atoms with Crippen LogP contribution in [0.2, 0.25) is 0 Å². The SMILES string of the molecule is Cc1ccc(S(=O)(=O)N2CCC3(CC2)OOC(c2cccc(Br)c2)OO3)cc1. The zero-order valence-electron chi connectivity index (χ0n) is 15.2. The van der Waals surface area contributed by atoms with Gasteiger partial charge in [0.1, 0.15) is 0 Å². The number of sulfonamides is 1. The molecule has 0 bridgehead atoms. The third-order valence-electron chi connectivity index (χ3n) is 4.84. The molecule has 2 aromatic carbocycles. The van der Waals surface area contributed by atoms with E-state index in [1.807, 2.05) is 31.2 Å². The van der Waals surface area contributed by atoms with E-state index in [1.165, 1.54) is 4.31 Å². The molecule has 9 heteroatoms. The van der Waals surface area contributed by atoms with Crippen molar-refractivity contribution in [3.8, 4) is 0 Å². The quantitative estimate of drug-likeness (QED) is 0.635. The molecule has 150 valence electrons. The zero-order valence-corrected chi connectivity index (χ0v) is 17.6. The Labute approximate surface area is 172 Å². The predicted octanol–water partition coefficient (Wildman–Crippen LogP) is 3.85. The van der Waals surface area contributed by atoms with Gasteiger partial charge in [-0.2, -0.15) is 23.9 Å². The van der Waals surface area contributed by atoms with Crippen LogP contribution in [0.4, 0.5) is 0 Å². The molecule has 0 aromatic heterocycles. The van der Waals surface area contributed by atoms with E-state index in [0.717, 1.165) is 15.6 Å². The Kier molecular flexibility index (Phi) is 5.58. The summed E-state index contributed by atoms with van der Waals surface area (Å²) in [6.45, 7) is 2.40. The Bertz CT molecular complexity index is 931. The largest absolute Gasteiger partial charge is 0.249 e. The molecule has 2 fully saturated rings. The number of aryl methyl sites for hydroxylation is 1. The summed E-state index contributed by atoms with van der Waals surface area (Å²) in [7, 11) is -3.56. The number of rotatable bonds is 3. The molecule has 2 aromatic rings. The van der Waals surface area contributed by atoms with Crippen LogP contribution in [-0.4, -0.2) is 31.6 Å². The number of benzene rings is 2. The average Bonchev–Trinajstić information content (AvgIpc) is 2.69. The van der Waals surface area contributed by atoms with E-state index in [4.69, 9.17) is 19.6 Å². The smallest absolute Gasteiger partial charge is 0.207 e. The molecule has 2 aliphatic heterocycles. The topological polar surface area (TPSA) is 74.3 Å². The summed E-state index contributed by atoms with van der Waals surface area (Å²) >= 11 is 3.39. The highest BCUT2D eigenvalue weighted by Gasteiger charge is 2.46. The number of hydrogen-bond acceptors (Lipinski definition) is 6. The summed E-state index contributed by atoms with van der Waals surface area (Å²) in [5.74, 6) is -1.11. The van der Waals surface area contributed by atoms with Gasteiger partial charge in [0.05, 0.1) is 4.90 Å². The second-order valence-electron chi connectivity index (χ2n) is 6.87. The third-order valence-corrected chi connectivity index (χ3v) is 7.24. The van der Waals surface area contributed by atoms with E-state index in [0.29, 0.717) is 12.8 Å². The Morgan fingerprint density at radius 2 is 1.68 bits per heavy atom. The number of nitrogens with zero attached hydrogens (tertiary/aromatic N) is 1. The van der Waals surface area contributed by atoms with E-state index >= 15 is 0 Å². The normalized spacial score (nSPS) is 21.1. The molecule has 0 saturated carbocycles. The van der Waals surface area contributed by atoms with Crippen molar-refractivity contribution in [1.29, 1.82) is 0 Å². The van der Waals surface area contributed by atoms with Crippen LogP contribution in [0.3, 0.4) is 0 Å². The minimum Gasteiger partial charge on any atom is -0.207 e. The highest BCUT2D eigenvalue weighted by atomic mass is 79.9. The third kappa shape index (κ3) is 4.02. The number of hydrogen-bond donors (Lipinski definition) is 0. The molecule has 0 unspecified atom stereocenters. The Morgan fingerprint density at radius 1 is 1.04 bits per heavy atom. The molecule has 2 saturated heterocycles. The minimum atomic E-state index is -3.56. The van der Waals surface area contributed by atoms with E-state index < -0.39 is 22.1 Å². The lowest BCUT2D eigenvalue weighted by molar-refractivity contribution is -0.633. The average molecular weight is 470 g/mol. The number of halogens is 1. The van der Waals surface area contributed by atoms with Gasteiger partial charge in [-0.3, -0.25) is 0 Å². The van der Waals surface area contributed by atoms with E-state index in [1.54, 1.807) is 24.3 Å². The van der Waals surface area contributed by atoms with Crippen LogP contribution < -0.4 is 0 Å². The van der Waals surface area contributed by atoms with Crippen LogP contribution in [0.15, 0.2) is 57.9 Å². The van der Waals surface area contributed by atoms with Crippen LogP contribution in [-0.2, 0) is 29.6 Å². The second-order valence-corrected chi connectivity index (χ2v) is 9.73. The summed E-state index contributed by atoms with van der Waals surface area (Å²) in [6, 6.07) is 14.2. The molecule has 1 spiro atoms. The minimum absolute atomic E-state index is 0.241. The summed E-state index contributed by atoms with van der Waals surface area (Å²) in [5.41, 5.74) is 1.75.